The predicted octanol–water partition coefficient (Wildman–Crippen LogP) is 4.07. The van der Waals surface area contributed by atoms with Crippen LogP contribution in [0.4, 0.5) is 0 Å². The number of rotatable bonds is 7. The van der Waals surface area contributed by atoms with Crippen LogP contribution in [0.3, 0.4) is 0 Å². The first-order valence-corrected chi connectivity index (χ1v) is 7.53. The summed E-state index contributed by atoms with van der Waals surface area (Å²) in [6.45, 7) is 6.68. The first-order chi connectivity index (χ1) is 8.65. The molecular weight excluding hydrogens is 244 g/mol. The summed E-state index contributed by atoms with van der Waals surface area (Å²) in [7, 11) is 0. The van der Waals surface area contributed by atoms with Crippen LogP contribution >= 0.6 is 11.8 Å². The van der Waals surface area contributed by atoms with Gasteiger partial charge in [0.1, 0.15) is 5.25 Å². The van der Waals surface area contributed by atoms with Gasteiger partial charge in [0.05, 0.1) is 6.61 Å². The quantitative estimate of drug-likeness (QED) is 0.696. The van der Waals surface area contributed by atoms with Crippen molar-refractivity contribution in [2.24, 2.45) is 5.92 Å². The molecule has 0 fully saturated rings. The molecule has 0 radical (unpaired) electrons. The number of benzene rings is 1. The van der Waals surface area contributed by atoms with Crippen molar-refractivity contribution in [3.63, 3.8) is 0 Å². The van der Waals surface area contributed by atoms with Crippen LogP contribution in [-0.4, -0.2) is 18.3 Å². The van der Waals surface area contributed by atoms with Gasteiger partial charge in [0.25, 0.3) is 0 Å². The lowest BCUT2D eigenvalue weighted by atomic mass is 10.1. The molecule has 100 valence electrons. The van der Waals surface area contributed by atoms with Crippen LogP contribution < -0.4 is 0 Å². The fourth-order valence-electron chi connectivity index (χ4n) is 1.57. The second-order valence-electron chi connectivity index (χ2n) is 4.60. The van der Waals surface area contributed by atoms with Crippen molar-refractivity contribution in [3.8, 4) is 0 Å². The van der Waals surface area contributed by atoms with Gasteiger partial charge in [0.15, 0.2) is 0 Å². The highest BCUT2D eigenvalue weighted by Gasteiger charge is 2.22. The van der Waals surface area contributed by atoms with Crippen molar-refractivity contribution >= 4 is 17.7 Å². The predicted molar refractivity (Wildman–Crippen MR) is 77.7 cm³/mol. The number of hydrogen-bond acceptors (Lipinski definition) is 3. The summed E-state index contributed by atoms with van der Waals surface area (Å²) in [4.78, 5) is 12.0. The van der Waals surface area contributed by atoms with Gasteiger partial charge in [-0.3, -0.25) is 4.79 Å². The van der Waals surface area contributed by atoms with Crippen molar-refractivity contribution in [2.45, 2.75) is 32.4 Å². The third-order valence-electron chi connectivity index (χ3n) is 2.58. The van der Waals surface area contributed by atoms with Crippen LogP contribution in [0.5, 0.6) is 0 Å². The number of carbonyl (C=O) groups excluding carboxylic acids is 1. The zero-order valence-electron chi connectivity index (χ0n) is 11.4. The fourth-order valence-corrected chi connectivity index (χ4v) is 2.96. The van der Waals surface area contributed by atoms with E-state index in [1.54, 1.807) is 11.8 Å². The van der Waals surface area contributed by atoms with Crippen LogP contribution in [0, 0.1) is 5.92 Å². The van der Waals surface area contributed by atoms with Gasteiger partial charge in [-0.25, -0.2) is 0 Å². The Bertz CT molecular complexity index is 349. The molecule has 0 saturated carbocycles. The highest BCUT2D eigenvalue weighted by atomic mass is 32.2. The van der Waals surface area contributed by atoms with Crippen molar-refractivity contribution in [1.82, 2.24) is 0 Å². The average Bonchev–Trinajstić information content (AvgIpc) is 2.35. The molecule has 0 spiro atoms. The molecule has 2 nitrogen and oxygen atoms in total. The second-order valence-corrected chi connectivity index (χ2v) is 5.81. The molecule has 0 heterocycles. The van der Waals surface area contributed by atoms with Crippen molar-refractivity contribution in [1.29, 1.82) is 0 Å². The highest BCUT2D eigenvalue weighted by Crippen LogP contribution is 2.31. The van der Waals surface area contributed by atoms with Crippen molar-refractivity contribution in [3.05, 3.63) is 35.9 Å². The maximum Gasteiger partial charge on any atom is 0.323 e. The summed E-state index contributed by atoms with van der Waals surface area (Å²) in [6.07, 6.45) is 1.12. The lowest BCUT2D eigenvalue weighted by Crippen LogP contribution is -2.14. The topological polar surface area (TPSA) is 26.3 Å². The highest BCUT2D eigenvalue weighted by molar-refractivity contribution is 8.00. The first-order valence-electron chi connectivity index (χ1n) is 6.48. The summed E-state index contributed by atoms with van der Waals surface area (Å²) in [5.41, 5.74) is 1.03. The van der Waals surface area contributed by atoms with E-state index in [4.69, 9.17) is 4.74 Å². The van der Waals surface area contributed by atoms with E-state index in [0.29, 0.717) is 12.5 Å². The molecule has 3 heteroatoms. The van der Waals surface area contributed by atoms with Crippen molar-refractivity contribution in [2.75, 3.05) is 12.4 Å². The van der Waals surface area contributed by atoms with Gasteiger partial charge >= 0.3 is 5.97 Å². The van der Waals surface area contributed by atoms with Crippen LogP contribution in [0.25, 0.3) is 0 Å². The number of ether oxygens (including phenoxy) is 1. The van der Waals surface area contributed by atoms with Gasteiger partial charge in [-0.15, -0.1) is 11.8 Å². The third-order valence-corrected chi connectivity index (χ3v) is 3.85. The SMILES string of the molecule is CCOC(=O)C(SCCC(C)C)c1ccccc1. The van der Waals surface area contributed by atoms with Gasteiger partial charge in [0.2, 0.25) is 0 Å². The lowest BCUT2D eigenvalue weighted by Gasteiger charge is -2.16. The van der Waals surface area contributed by atoms with E-state index in [1.165, 1.54) is 0 Å². The number of hydrogen-bond donors (Lipinski definition) is 0. The lowest BCUT2D eigenvalue weighted by molar-refractivity contribution is -0.142. The molecule has 0 saturated heterocycles. The number of esters is 1. The zero-order valence-corrected chi connectivity index (χ0v) is 12.2. The second kappa shape index (κ2) is 8.20. The molecule has 0 aliphatic carbocycles. The minimum atomic E-state index is -0.190. The Labute approximate surface area is 114 Å². The molecule has 0 aliphatic rings. The van der Waals surface area contributed by atoms with E-state index < -0.39 is 0 Å². The molecular formula is C15H22O2S. The van der Waals surface area contributed by atoms with Crippen LogP contribution in [0.2, 0.25) is 0 Å². The number of thioether (sulfide) groups is 1. The smallest absolute Gasteiger partial charge is 0.323 e. The van der Waals surface area contributed by atoms with Gasteiger partial charge < -0.3 is 4.74 Å². The third kappa shape index (κ3) is 5.13. The minimum absolute atomic E-state index is 0.127. The minimum Gasteiger partial charge on any atom is -0.465 e. The summed E-state index contributed by atoms with van der Waals surface area (Å²) in [6, 6.07) is 9.87. The molecule has 0 bridgehead atoms. The number of carbonyl (C=O) groups is 1. The molecule has 0 aromatic heterocycles. The van der Waals surface area contributed by atoms with E-state index in [-0.39, 0.29) is 11.2 Å². The Hall–Kier alpha value is -0.960. The van der Waals surface area contributed by atoms with E-state index in [0.717, 1.165) is 17.7 Å². The largest absolute Gasteiger partial charge is 0.465 e. The van der Waals surface area contributed by atoms with Gasteiger partial charge in [0, 0.05) is 0 Å². The molecule has 0 N–H and O–H groups in total. The molecule has 0 aliphatic heterocycles. The first kappa shape index (κ1) is 15.1. The van der Waals surface area contributed by atoms with Crippen LogP contribution in [0.1, 0.15) is 38.0 Å². The molecule has 1 aromatic rings. The Balaban J connectivity index is 2.66. The van der Waals surface area contributed by atoms with Gasteiger partial charge in [-0.2, -0.15) is 0 Å². The van der Waals surface area contributed by atoms with Crippen LogP contribution in [-0.2, 0) is 9.53 Å². The Morgan fingerprint density at radius 1 is 1.28 bits per heavy atom. The molecule has 18 heavy (non-hydrogen) atoms. The maximum atomic E-state index is 12.0. The summed E-state index contributed by atoms with van der Waals surface area (Å²) in [5.74, 6) is 1.52. The summed E-state index contributed by atoms with van der Waals surface area (Å²) < 4.78 is 5.16. The Morgan fingerprint density at radius 3 is 2.50 bits per heavy atom. The Kier molecular flexibility index (Phi) is 6.88. The average molecular weight is 266 g/mol. The fraction of sp³-hybridized carbons (Fsp3) is 0.533. The molecule has 0 amide bonds. The van der Waals surface area contributed by atoms with E-state index >= 15 is 0 Å². The summed E-state index contributed by atoms with van der Waals surface area (Å²) in [5, 5.41) is -0.190. The normalized spacial score (nSPS) is 12.4. The Morgan fingerprint density at radius 2 is 1.94 bits per heavy atom. The summed E-state index contributed by atoms with van der Waals surface area (Å²) >= 11 is 1.68. The zero-order chi connectivity index (χ0) is 13.4. The molecule has 1 aromatic carbocycles. The van der Waals surface area contributed by atoms with E-state index in [9.17, 15) is 4.79 Å². The van der Waals surface area contributed by atoms with Crippen molar-refractivity contribution < 1.29 is 9.53 Å². The molecule has 1 rings (SSSR count). The van der Waals surface area contributed by atoms with E-state index in [1.807, 2.05) is 37.3 Å². The maximum absolute atomic E-state index is 12.0. The van der Waals surface area contributed by atoms with Gasteiger partial charge in [-0.1, -0.05) is 44.2 Å². The standard InChI is InChI=1S/C15H22O2S/c1-4-17-15(16)14(18-11-10-12(2)3)13-8-6-5-7-9-13/h5-9,12,14H,4,10-11H2,1-3H3. The van der Waals surface area contributed by atoms with Gasteiger partial charge in [-0.05, 0) is 30.6 Å². The van der Waals surface area contributed by atoms with E-state index in [2.05, 4.69) is 13.8 Å². The molecule has 1 atom stereocenters. The molecule has 1 unspecified atom stereocenters. The monoisotopic (exact) mass is 266 g/mol. The van der Waals surface area contributed by atoms with Crippen LogP contribution in [0.15, 0.2) is 30.3 Å².